The number of carbonyl (C=O) groups is 3. The highest BCUT2D eigenvalue weighted by molar-refractivity contribution is 6.07. The minimum atomic E-state index is -0.264. The molecule has 0 fully saturated rings. The van der Waals surface area contributed by atoms with Gasteiger partial charge in [-0.25, -0.2) is 19.9 Å². The van der Waals surface area contributed by atoms with Crippen molar-refractivity contribution in [2.45, 2.75) is 19.8 Å². The van der Waals surface area contributed by atoms with E-state index in [1.165, 1.54) is 6.08 Å². The molecule has 14 heteroatoms. The smallest absolute Gasteiger partial charge is 0.256 e. The standard InChI is InChI=1S/C29H28N6O2.C28H25N5O/c1-35(2)17-5-9-28(36)32-25-8-3-6-22(19-25)29(37)33-24-12-10-21(11-13-24)18-27-31-16-14-26(34-27)23-7-4-15-30-20-23;1-4-20(3)31-24-10-7-19(2)25(17-24)28(34)32-23-11-8-21(9-12-23)16-27-30-15-13-26(33-27)22-6-5-14-29-18-22/h3-16,19-20H,17-18H2,1-2H3,(H,32,36)(H,33,37);4-15,17-18,31H,1,3,16H2,2H3,(H,32,34)/b9-5-;. The Labute approximate surface area is 413 Å². The van der Waals surface area contributed by atoms with Crippen LogP contribution in [0, 0.1) is 6.92 Å². The second kappa shape index (κ2) is 24.7. The Hall–Kier alpha value is -9.27. The van der Waals surface area contributed by atoms with E-state index in [-0.39, 0.29) is 17.7 Å². The third-order valence-corrected chi connectivity index (χ3v) is 10.6. The first-order valence-corrected chi connectivity index (χ1v) is 22.6. The molecule has 0 saturated heterocycles. The fourth-order valence-electron chi connectivity index (χ4n) is 6.97. The number of aromatic nitrogens is 6. The van der Waals surface area contributed by atoms with Crippen LogP contribution in [0.15, 0.2) is 202 Å². The van der Waals surface area contributed by atoms with Crippen LogP contribution in [0.1, 0.15) is 49.1 Å². The van der Waals surface area contributed by atoms with Gasteiger partial charge in [-0.05, 0) is 135 Å². The number of carbonyl (C=O) groups excluding carboxylic acids is 3. The summed E-state index contributed by atoms with van der Waals surface area (Å²) in [6.45, 7) is 10.1. The van der Waals surface area contributed by atoms with Crippen molar-refractivity contribution < 1.29 is 14.4 Å². The quantitative estimate of drug-likeness (QED) is 0.0504. The Morgan fingerprint density at radius 1 is 0.592 bits per heavy atom. The molecule has 3 amide bonds. The van der Waals surface area contributed by atoms with Gasteiger partial charge in [0.1, 0.15) is 11.6 Å². The van der Waals surface area contributed by atoms with Crippen LogP contribution < -0.4 is 21.3 Å². The van der Waals surface area contributed by atoms with E-state index in [4.69, 9.17) is 0 Å². The van der Waals surface area contributed by atoms with Gasteiger partial charge < -0.3 is 26.2 Å². The second-order valence-corrected chi connectivity index (χ2v) is 16.5. The molecule has 0 aliphatic heterocycles. The van der Waals surface area contributed by atoms with E-state index in [9.17, 15) is 14.4 Å². The summed E-state index contributed by atoms with van der Waals surface area (Å²) >= 11 is 0. The topological polar surface area (TPSA) is 180 Å². The van der Waals surface area contributed by atoms with E-state index in [1.54, 1.807) is 79.7 Å². The van der Waals surface area contributed by atoms with E-state index < -0.39 is 0 Å². The number of rotatable bonds is 17. The van der Waals surface area contributed by atoms with Crippen LogP contribution in [0.3, 0.4) is 0 Å². The third-order valence-electron chi connectivity index (χ3n) is 10.6. The summed E-state index contributed by atoms with van der Waals surface area (Å²) in [4.78, 5) is 66.1. The Balaban J connectivity index is 0.000000209. The van der Waals surface area contributed by atoms with Gasteiger partial charge in [0.05, 0.1) is 11.4 Å². The van der Waals surface area contributed by atoms with Crippen LogP contribution in [0.25, 0.3) is 22.5 Å². The van der Waals surface area contributed by atoms with Crippen molar-refractivity contribution in [1.82, 2.24) is 34.8 Å². The minimum Gasteiger partial charge on any atom is -0.356 e. The molecule has 4 N–H and O–H groups in total. The normalized spacial score (nSPS) is 10.7. The highest BCUT2D eigenvalue weighted by Crippen LogP contribution is 2.22. The number of aryl methyl sites for hydroxylation is 1. The van der Waals surface area contributed by atoms with Crippen molar-refractivity contribution in [3.05, 3.63) is 241 Å². The molecular formula is C57H53N11O3. The van der Waals surface area contributed by atoms with Gasteiger partial charge in [-0.15, -0.1) is 0 Å². The molecule has 4 aromatic carbocycles. The molecule has 0 unspecified atom stereocenters. The van der Waals surface area contributed by atoms with E-state index in [0.717, 1.165) is 50.7 Å². The first-order valence-electron chi connectivity index (χ1n) is 22.6. The first-order chi connectivity index (χ1) is 34.5. The van der Waals surface area contributed by atoms with Gasteiger partial charge in [0.25, 0.3) is 11.8 Å². The Morgan fingerprint density at radius 2 is 1.14 bits per heavy atom. The summed E-state index contributed by atoms with van der Waals surface area (Å²) in [5.41, 5.74) is 10.9. The molecule has 4 heterocycles. The van der Waals surface area contributed by atoms with Crippen LogP contribution in [-0.4, -0.2) is 73.2 Å². The number of likely N-dealkylation sites (N-methyl/N-ethyl adjacent to an activating group) is 1. The number of benzene rings is 4. The van der Waals surface area contributed by atoms with Gasteiger partial charge in [-0.1, -0.05) is 55.6 Å². The Kier molecular flexibility index (Phi) is 17.2. The van der Waals surface area contributed by atoms with E-state index in [1.807, 2.05) is 123 Å². The number of hydrogen-bond donors (Lipinski definition) is 4. The molecule has 4 aromatic heterocycles. The molecular weight excluding hydrogens is 887 g/mol. The summed E-state index contributed by atoms with van der Waals surface area (Å²) in [7, 11) is 3.85. The lowest BCUT2D eigenvalue weighted by molar-refractivity contribution is -0.111. The SMILES string of the molecule is C=CC(=C)Nc1ccc(C)c(C(=O)Nc2ccc(Cc3nccc(-c4cccnc4)n3)cc2)c1.CN(C)C/C=C\C(=O)Nc1cccc(C(=O)Nc2ccc(Cc3nccc(-c4cccnc4)n3)cc2)c1. The molecule has 14 nitrogen and oxygen atoms in total. The van der Waals surface area contributed by atoms with Gasteiger partial charge in [0.2, 0.25) is 5.91 Å². The Morgan fingerprint density at radius 3 is 1.68 bits per heavy atom. The fourth-order valence-corrected chi connectivity index (χ4v) is 6.97. The van der Waals surface area contributed by atoms with E-state index >= 15 is 0 Å². The molecule has 0 atom stereocenters. The van der Waals surface area contributed by atoms with Crippen LogP contribution in [0.4, 0.5) is 22.7 Å². The molecule has 71 heavy (non-hydrogen) atoms. The van der Waals surface area contributed by atoms with E-state index in [2.05, 4.69) is 64.3 Å². The largest absolute Gasteiger partial charge is 0.356 e. The monoisotopic (exact) mass is 939 g/mol. The predicted molar refractivity (Wildman–Crippen MR) is 282 cm³/mol. The number of amides is 3. The number of allylic oxidation sites excluding steroid dienone is 1. The van der Waals surface area contributed by atoms with Crippen LogP contribution in [0.5, 0.6) is 0 Å². The second-order valence-electron chi connectivity index (χ2n) is 16.5. The van der Waals surface area contributed by atoms with Crippen molar-refractivity contribution >= 4 is 40.5 Å². The third kappa shape index (κ3) is 15.1. The number of nitrogens with zero attached hydrogens (tertiary/aromatic N) is 7. The maximum atomic E-state index is 12.9. The molecule has 0 spiro atoms. The summed E-state index contributed by atoms with van der Waals surface area (Å²) in [5, 5.41) is 11.8. The predicted octanol–water partition coefficient (Wildman–Crippen LogP) is 10.2. The average molecular weight is 940 g/mol. The average Bonchev–Trinajstić information content (AvgIpc) is 3.39. The van der Waals surface area contributed by atoms with Gasteiger partial charge in [-0.3, -0.25) is 24.4 Å². The zero-order chi connectivity index (χ0) is 50.0. The van der Waals surface area contributed by atoms with Gasteiger partial charge in [0.15, 0.2) is 0 Å². The molecule has 8 aromatic rings. The lowest BCUT2D eigenvalue weighted by Gasteiger charge is -2.12. The minimum absolute atomic E-state index is 0.175. The summed E-state index contributed by atoms with van der Waals surface area (Å²) in [6, 6.07) is 39.1. The van der Waals surface area contributed by atoms with Gasteiger partial charge in [0, 0.05) is 113 Å². The maximum absolute atomic E-state index is 12.9. The molecule has 8 rings (SSSR count). The molecule has 354 valence electrons. The first kappa shape index (κ1) is 49.6. The number of pyridine rings is 2. The van der Waals surface area contributed by atoms with Crippen molar-refractivity contribution in [3.8, 4) is 22.5 Å². The zero-order valence-electron chi connectivity index (χ0n) is 39.7. The van der Waals surface area contributed by atoms with Crippen molar-refractivity contribution in [1.29, 1.82) is 0 Å². The molecule has 0 saturated carbocycles. The Bertz CT molecular complexity index is 3140. The van der Waals surface area contributed by atoms with Crippen molar-refractivity contribution in [2.75, 3.05) is 41.9 Å². The molecule has 0 radical (unpaired) electrons. The van der Waals surface area contributed by atoms with Crippen LogP contribution in [-0.2, 0) is 17.6 Å². The fraction of sp³-hybridized carbons (Fsp3) is 0.105. The van der Waals surface area contributed by atoms with Crippen LogP contribution >= 0.6 is 0 Å². The number of nitrogens with one attached hydrogen (secondary N) is 4. The van der Waals surface area contributed by atoms with Crippen LogP contribution in [0.2, 0.25) is 0 Å². The van der Waals surface area contributed by atoms with Crippen molar-refractivity contribution in [3.63, 3.8) is 0 Å². The number of hydrogen-bond acceptors (Lipinski definition) is 11. The summed E-state index contributed by atoms with van der Waals surface area (Å²) < 4.78 is 0. The maximum Gasteiger partial charge on any atom is 0.256 e. The molecule has 0 aliphatic rings. The summed E-state index contributed by atoms with van der Waals surface area (Å²) in [5.74, 6) is 0.739. The summed E-state index contributed by atoms with van der Waals surface area (Å²) in [6.07, 6.45) is 16.6. The lowest BCUT2D eigenvalue weighted by atomic mass is 10.1. The zero-order valence-corrected chi connectivity index (χ0v) is 39.7. The molecule has 0 bridgehead atoms. The van der Waals surface area contributed by atoms with Gasteiger partial charge >= 0.3 is 0 Å². The number of anilines is 4. The highest BCUT2D eigenvalue weighted by atomic mass is 16.2. The van der Waals surface area contributed by atoms with Gasteiger partial charge in [-0.2, -0.15) is 0 Å². The van der Waals surface area contributed by atoms with Crippen molar-refractivity contribution in [2.24, 2.45) is 0 Å². The molecule has 0 aliphatic carbocycles. The highest BCUT2D eigenvalue weighted by Gasteiger charge is 2.13. The van der Waals surface area contributed by atoms with E-state index in [0.29, 0.717) is 59.1 Å². The lowest BCUT2D eigenvalue weighted by Crippen LogP contribution is -2.14.